The minimum absolute atomic E-state index is 0.579. The normalized spacial score (nSPS) is 16.5. The largest absolute Gasteiger partial charge is 0.384 e. The molecule has 74 valence electrons. The van der Waals surface area contributed by atoms with Crippen LogP contribution in [-0.4, -0.2) is 26.3 Å². The first-order valence-corrected chi connectivity index (χ1v) is 4.85. The van der Waals surface area contributed by atoms with Crippen LogP contribution in [0.3, 0.4) is 0 Å². The molecule has 0 radical (unpaired) electrons. The Morgan fingerprint density at radius 3 is 2.17 bits per heavy atom. The van der Waals surface area contributed by atoms with E-state index < -0.39 is 0 Å². The summed E-state index contributed by atoms with van der Waals surface area (Å²) < 4.78 is 5.14. The lowest BCUT2D eigenvalue weighted by atomic mass is 9.92. The smallest absolute Gasteiger partial charge is 0.0502 e. The topological polar surface area (TPSA) is 21.3 Å². The van der Waals surface area contributed by atoms with Crippen LogP contribution in [-0.2, 0) is 4.74 Å². The second kappa shape index (κ2) is 6.44. The Labute approximate surface area is 76.7 Å². The maximum atomic E-state index is 5.14. The van der Waals surface area contributed by atoms with E-state index in [0.29, 0.717) is 17.9 Å². The Bertz CT molecular complexity index is 104. The van der Waals surface area contributed by atoms with E-state index in [-0.39, 0.29) is 0 Å². The lowest BCUT2D eigenvalue weighted by Crippen LogP contribution is -2.40. The summed E-state index contributed by atoms with van der Waals surface area (Å²) in [5.41, 5.74) is 0. The highest BCUT2D eigenvalue weighted by Crippen LogP contribution is 2.12. The van der Waals surface area contributed by atoms with Crippen molar-refractivity contribution in [1.82, 2.24) is 5.32 Å². The van der Waals surface area contributed by atoms with Gasteiger partial charge < -0.3 is 10.1 Å². The van der Waals surface area contributed by atoms with Gasteiger partial charge in [-0.1, -0.05) is 27.7 Å². The monoisotopic (exact) mass is 173 g/mol. The first-order chi connectivity index (χ1) is 5.63. The molecule has 0 aromatic rings. The second-order valence-electron chi connectivity index (χ2n) is 3.76. The molecule has 0 amide bonds. The predicted molar refractivity (Wildman–Crippen MR) is 53.3 cm³/mol. The Morgan fingerprint density at radius 1 is 1.25 bits per heavy atom. The van der Waals surface area contributed by atoms with Crippen LogP contribution in [0.1, 0.15) is 27.7 Å². The number of methoxy groups -OCH3 is 1. The van der Waals surface area contributed by atoms with Crippen LogP contribution in [0.25, 0.3) is 0 Å². The molecule has 0 aliphatic heterocycles. The molecule has 2 atom stereocenters. The Balaban J connectivity index is 3.90. The van der Waals surface area contributed by atoms with Crippen molar-refractivity contribution in [3.05, 3.63) is 0 Å². The fourth-order valence-electron chi connectivity index (χ4n) is 1.70. The molecule has 0 saturated heterocycles. The van der Waals surface area contributed by atoms with Gasteiger partial charge in [-0.25, -0.2) is 0 Å². The van der Waals surface area contributed by atoms with E-state index in [1.165, 1.54) is 0 Å². The third kappa shape index (κ3) is 4.07. The Kier molecular flexibility index (Phi) is 6.39. The zero-order valence-corrected chi connectivity index (χ0v) is 9.05. The fraction of sp³-hybridized carbons (Fsp3) is 1.00. The van der Waals surface area contributed by atoms with E-state index in [9.17, 15) is 0 Å². The van der Waals surface area contributed by atoms with Crippen LogP contribution < -0.4 is 5.32 Å². The van der Waals surface area contributed by atoms with Crippen LogP contribution in [0.5, 0.6) is 0 Å². The molecule has 0 aromatic carbocycles. The summed E-state index contributed by atoms with van der Waals surface area (Å²) in [5.74, 6) is 1.27. The van der Waals surface area contributed by atoms with Crippen molar-refractivity contribution >= 4 is 0 Å². The summed E-state index contributed by atoms with van der Waals surface area (Å²) in [6.07, 6.45) is 0. The van der Waals surface area contributed by atoms with E-state index >= 15 is 0 Å². The molecule has 0 rings (SSSR count). The quantitative estimate of drug-likeness (QED) is 0.662. The van der Waals surface area contributed by atoms with Crippen molar-refractivity contribution in [1.29, 1.82) is 0 Å². The van der Waals surface area contributed by atoms with Crippen molar-refractivity contribution in [2.75, 3.05) is 20.3 Å². The molecular formula is C10H23NO. The lowest BCUT2D eigenvalue weighted by molar-refractivity contribution is 0.127. The molecule has 0 aliphatic carbocycles. The van der Waals surface area contributed by atoms with Crippen molar-refractivity contribution in [2.24, 2.45) is 11.8 Å². The van der Waals surface area contributed by atoms with Gasteiger partial charge in [0.15, 0.2) is 0 Å². The third-order valence-corrected chi connectivity index (χ3v) is 2.20. The van der Waals surface area contributed by atoms with Gasteiger partial charge in [0.05, 0.1) is 6.61 Å². The highest BCUT2D eigenvalue weighted by atomic mass is 16.5. The van der Waals surface area contributed by atoms with Crippen LogP contribution >= 0.6 is 0 Å². The number of rotatable bonds is 6. The van der Waals surface area contributed by atoms with Crippen molar-refractivity contribution in [2.45, 2.75) is 33.7 Å². The van der Waals surface area contributed by atoms with Crippen LogP contribution in [0.2, 0.25) is 0 Å². The highest BCUT2D eigenvalue weighted by molar-refractivity contribution is 4.75. The van der Waals surface area contributed by atoms with E-state index in [0.717, 1.165) is 13.2 Å². The van der Waals surface area contributed by atoms with Crippen molar-refractivity contribution in [3.8, 4) is 0 Å². The summed E-state index contributed by atoms with van der Waals surface area (Å²) in [4.78, 5) is 0. The van der Waals surface area contributed by atoms with Crippen molar-refractivity contribution in [3.63, 3.8) is 0 Å². The minimum atomic E-state index is 0.579. The number of ether oxygens (including phenoxy) is 1. The molecule has 0 heterocycles. The van der Waals surface area contributed by atoms with Gasteiger partial charge in [-0.15, -0.1) is 0 Å². The number of nitrogens with one attached hydrogen (secondary N) is 1. The summed E-state index contributed by atoms with van der Waals surface area (Å²) in [6, 6.07) is 0.579. The molecule has 0 saturated carbocycles. The van der Waals surface area contributed by atoms with Gasteiger partial charge in [-0.2, -0.15) is 0 Å². The number of hydrogen-bond acceptors (Lipinski definition) is 2. The van der Waals surface area contributed by atoms with Gasteiger partial charge in [0, 0.05) is 13.2 Å². The average molecular weight is 173 g/mol. The first kappa shape index (κ1) is 11.9. The molecule has 0 fully saturated rings. The summed E-state index contributed by atoms with van der Waals surface area (Å²) >= 11 is 0. The molecule has 0 spiro atoms. The minimum Gasteiger partial charge on any atom is -0.384 e. The summed E-state index contributed by atoms with van der Waals surface area (Å²) in [6.45, 7) is 10.8. The molecular weight excluding hydrogens is 150 g/mol. The lowest BCUT2D eigenvalue weighted by Gasteiger charge is -2.27. The van der Waals surface area contributed by atoms with E-state index in [1.54, 1.807) is 7.11 Å². The maximum Gasteiger partial charge on any atom is 0.0502 e. The summed E-state index contributed by atoms with van der Waals surface area (Å²) in [5, 5.41) is 3.49. The maximum absolute atomic E-state index is 5.14. The molecule has 2 nitrogen and oxygen atoms in total. The Hall–Kier alpha value is -0.0800. The van der Waals surface area contributed by atoms with Gasteiger partial charge in [-0.3, -0.25) is 0 Å². The van der Waals surface area contributed by atoms with E-state index in [2.05, 4.69) is 33.0 Å². The van der Waals surface area contributed by atoms with E-state index in [4.69, 9.17) is 4.74 Å². The second-order valence-corrected chi connectivity index (χ2v) is 3.76. The average Bonchev–Trinajstić information content (AvgIpc) is 1.99. The molecule has 0 aliphatic rings. The van der Waals surface area contributed by atoms with Gasteiger partial charge in [0.25, 0.3) is 0 Å². The molecule has 0 aromatic heterocycles. The van der Waals surface area contributed by atoms with Gasteiger partial charge in [0.2, 0.25) is 0 Å². The molecule has 12 heavy (non-hydrogen) atoms. The number of hydrogen-bond donors (Lipinski definition) is 1. The van der Waals surface area contributed by atoms with Crippen LogP contribution in [0.15, 0.2) is 0 Å². The van der Waals surface area contributed by atoms with Crippen LogP contribution in [0, 0.1) is 11.8 Å². The zero-order valence-electron chi connectivity index (χ0n) is 9.05. The van der Waals surface area contributed by atoms with E-state index in [1.807, 2.05) is 0 Å². The zero-order chi connectivity index (χ0) is 9.56. The van der Waals surface area contributed by atoms with Crippen molar-refractivity contribution < 1.29 is 4.74 Å². The first-order valence-electron chi connectivity index (χ1n) is 4.85. The highest BCUT2D eigenvalue weighted by Gasteiger charge is 2.18. The molecule has 0 bridgehead atoms. The third-order valence-electron chi connectivity index (χ3n) is 2.20. The van der Waals surface area contributed by atoms with Gasteiger partial charge >= 0.3 is 0 Å². The Morgan fingerprint density at radius 2 is 1.83 bits per heavy atom. The standard InChI is InChI=1S/C10H23NO/c1-6-11-10(8(2)3)9(4)7-12-5/h8-11H,6-7H2,1-5H3. The molecule has 1 N–H and O–H groups in total. The van der Waals surface area contributed by atoms with Crippen LogP contribution in [0.4, 0.5) is 0 Å². The molecule has 2 heteroatoms. The fourth-order valence-corrected chi connectivity index (χ4v) is 1.70. The van der Waals surface area contributed by atoms with Gasteiger partial charge in [0.1, 0.15) is 0 Å². The molecule has 2 unspecified atom stereocenters. The SMILES string of the molecule is CCNC(C(C)C)C(C)COC. The summed E-state index contributed by atoms with van der Waals surface area (Å²) in [7, 11) is 1.76. The van der Waals surface area contributed by atoms with Gasteiger partial charge in [-0.05, 0) is 18.4 Å². The predicted octanol–water partition coefficient (Wildman–Crippen LogP) is 1.90.